The van der Waals surface area contributed by atoms with Gasteiger partial charge in [0.05, 0.1) is 0 Å². The molecule has 0 saturated carbocycles. The van der Waals surface area contributed by atoms with E-state index in [1.165, 1.54) is 0 Å². The molecule has 0 aliphatic rings. The second-order valence-corrected chi connectivity index (χ2v) is 2.43. The highest BCUT2D eigenvalue weighted by molar-refractivity contribution is 5.97. The number of rotatable bonds is 4. The van der Waals surface area contributed by atoms with Crippen molar-refractivity contribution in [1.82, 2.24) is 5.32 Å². The number of nitrogens with one attached hydrogen (secondary N) is 1. The SMILES string of the molecule is CC(C)NC(C(=O)O)C(=O)O. The van der Waals surface area contributed by atoms with E-state index in [1.807, 2.05) is 0 Å². The van der Waals surface area contributed by atoms with Gasteiger partial charge in [-0.15, -0.1) is 0 Å². The summed E-state index contributed by atoms with van der Waals surface area (Å²) in [4.78, 5) is 20.5. The molecule has 0 bridgehead atoms. The maximum atomic E-state index is 10.2. The molecule has 0 aliphatic carbocycles. The highest BCUT2D eigenvalue weighted by atomic mass is 16.4. The van der Waals surface area contributed by atoms with Crippen molar-refractivity contribution in [1.29, 1.82) is 0 Å². The Labute approximate surface area is 64.0 Å². The third kappa shape index (κ3) is 3.57. The summed E-state index contributed by atoms with van der Waals surface area (Å²) in [6.45, 7) is 3.36. The molecular weight excluding hydrogens is 150 g/mol. The van der Waals surface area contributed by atoms with Crippen molar-refractivity contribution >= 4 is 11.9 Å². The first kappa shape index (κ1) is 9.90. The Morgan fingerprint density at radius 3 is 1.64 bits per heavy atom. The molecule has 5 nitrogen and oxygen atoms in total. The zero-order valence-corrected chi connectivity index (χ0v) is 6.37. The molecule has 0 unspecified atom stereocenters. The van der Waals surface area contributed by atoms with Gasteiger partial charge in [0.15, 0.2) is 0 Å². The van der Waals surface area contributed by atoms with Crippen molar-refractivity contribution < 1.29 is 19.8 Å². The van der Waals surface area contributed by atoms with Crippen LogP contribution >= 0.6 is 0 Å². The van der Waals surface area contributed by atoms with E-state index in [-0.39, 0.29) is 6.04 Å². The first-order valence-electron chi connectivity index (χ1n) is 3.16. The Balaban J connectivity index is 4.12. The molecule has 0 aromatic heterocycles. The lowest BCUT2D eigenvalue weighted by atomic mass is 10.2. The van der Waals surface area contributed by atoms with E-state index in [0.717, 1.165) is 0 Å². The number of carboxylic acid groups (broad SMARTS) is 2. The predicted molar refractivity (Wildman–Crippen MR) is 37.3 cm³/mol. The maximum Gasteiger partial charge on any atom is 0.332 e. The number of aliphatic carboxylic acids is 2. The van der Waals surface area contributed by atoms with Crippen LogP contribution in [0, 0.1) is 0 Å². The molecule has 0 saturated heterocycles. The number of hydrogen-bond acceptors (Lipinski definition) is 3. The van der Waals surface area contributed by atoms with Gasteiger partial charge in [0.25, 0.3) is 0 Å². The molecule has 0 rings (SSSR count). The van der Waals surface area contributed by atoms with Gasteiger partial charge in [-0.1, -0.05) is 0 Å². The van der Waals surface area contributed by atoms with Crippen molar-refractivity contribution in [2.75, 3.05) is 0 Å². The molecule has 0 fully saturated rings. The predicted octanol–water partition coefficient (Wildman–Crippen LogP) is -0.478. The van der Waals surface area contributed by atoms with Crippen LogP contribution in [0.3, 0.4) is 0 Å². The van der Waals surface area contributed by atoms with E-state index in [4.69, 9.17) is 10.2 Å². The molecule has 0 amide bonds. The van der Waals surface area contributed by atoms with Crippen LogP contribution in [0.2, 0.25) is 0 Å². The molecule has 0 radical (unpaired) electrons. The lowest BCUT2D eigenvalue weighted by Crippen LogP contribution is -2.46. The lowest BCUT2D eigenvalue weighted by molar-refractivity contribution is -0.151. The van der Waals surface area contributed by atoms with E-state index in [0.29, 0.717) is 0 Å². The van der Waals surface area contributed by atoms with Gasteiger partial charge >= 0.3 is 11.9 Å². The van der Waals surface area contributed by atoms with E-state index in [9.17, 15) is 9.59 Å². The van der Waals surface area contributed by atoms with Gasteiger partial charge in [0.2, 0.25) is 6.04 Å². The topological polar surface area (TPSA) is 86.6 Å². The Bertz CT molecular complexity index is 152. The first-order valence-corrected chi connectivity index (χ1v) is 3.16. The smallest absolute Gasteiger partial charge is 0.332 e. The zero-order valence-electron chi connectivity index (χ0n) is 6.37. The minimum absolute atomic E-state index is 0.160. The van der Waals surface area contributed by atoms with Gasteiger partial charge in [0.1, 0.15) is 0 Å². The summed E-state index contributed by atoms with van der Waals surface area (Å²) in [5.41, 5.74) is 0. The molecule has 0 aromatic rings. The van der Waals surface area contributed by atoms with Crippen molar-refractivity contribution in [2.45, 2.75) is 25.9 Å². The van der Waals surface area contributed by atoms with Crippen molar-refractivity contribution in [3.8, 4) is 0 Å². The van der Waals surface area contributed by atoms with Gasteiger partial charge in [-0.25, -0.2) is 9.59 Å². The number of hydrogen-bond donors (Lipinski definition) is 3. The largest absolute Gasteiger partial charge is 0.480 e. The second kappa shape index (κ2) is 3.92. The Morgan fingerprint density at radius 2 is 1.55 bits per heavy atom. The molecule has 5 heteroatoms. The van der Waals surface area contributed by atoms with Gasteiger partial charge < -0.3 is 10.2 Å². The third-order valence-electron chi connectivity index (χ3n) is 0.994. The van der Waals surface area contributed by atoms with Crippen LogP contribution in [-0.2, 0) is 9.59 Å². The number of carbonyl (C=O) groups is 2. The van der Waals surface area contributed by atoms with Gasteiger partial charge in [-0.3, -0.25) is 5.32 Å². The van der Waals surface area contributed by atoms with Crippen LogP contribution in [0.5, 0.6) is 0 Å². The summed E-state index contributed by atoms with van der Waals surface area (Å²) >= 11 is 0. The quantitative estimate of drug-likeness (QED) is 0.485. The summed E-state index contributed by atoms with van der Waals surface area (Å²) in [6.07, 6.45) is 0. The number of carboxylic acids is 2. The van der Waals surface area contributed by atoms with E-state index in [2.05, 4.69) is 5.32 Å². The molecule has 0 aliphatic heterocycles. The first-order chi connectivity index (χ1) is 4.95. The maximum absolute atomic E-state index is 10.2. The monoisotopic (exact) mass is 161 g/mol. The molecule has 0 spiro atoms. The van der Waals surface area contributed by atoms with Gasteiger partial charge in [-0.2, -0.15) is 0 Å². The van der Waals surface area contributed by atoms with Crippen LogP contribution in [0.25, 0.3) is 0 Å². The van der Waals surface area contributed by atoms with Crippen LogP contribution in [0.4, 0.5) is 0 Å². The fourth-order valence-electron chi connectivity index (χ4n) is 0.582. The van der Waals surface area contributed by atoms with Gasteiger partial charge in [0, 0.05) is 6.04 Å². The summed E-state index contributed by atoms with van der Waals surface area (Å²) in [6, 6.07) is -1.66. The summed E-state index contributed by atoms with van der Waals surface area (Å²) in [5.74, 6) is -2.74. The molecular formula is C6H11NO4. The zero-order chi connectivity index (χ0) is 9.02. The van der Waals surface area contributed by atoms with Crippen LogP contribution in [-0.4, -0.2) is 34.2 Å². The standard InChI is InChI=1S/C6H11NO4/c1-3(2)7-4(5(8)9)6(10)11/h3-4,7H,1-2H3,(H,8,9)(H,10,11). The third-order valence-corrected chi connectivity index (χ3v) is 0.994. The van der Waals surface area contributed by atoms with Crippen molar-refractivity contribution in [2.24, 2.45) is 0 Å². The minimum atomic E-state index is -1.50. The highest BCUT2D eigenvalue weighted by Gasteiger charge is 2.25. The molecule has 64 valence electrons. The highest BCUT2D eigenvalue weighted by Crippen LogP contribution is 1.87. The van der Waals surface area contributed by atoms with E-state index >= 15 is 0 Å². The van der Waals surface area contributed by atoms with Gasteiger partial charge in [-0.05, 0) is 13.8 Å². The summed E-state index contributed by atoms with van der Waals surface area (Å²) < 4.78 is 0. The molecule has 3 N–H and O–H groups in total. The van der Waals surface area contributed by atoms with Crippen molar-refractivity contribution in [3.05, 3.63) is 0 Å². The lowest BCUT2D eigenvalue weighted by Gasteiger charge is -2.12. The second-order valence-electron chi connectivity index (χ2n) is 2.43. The fourth-order valence-corrected chi connectivity index (χ4v) is 0.582. The summed E-state index contributed by atoms with van der Waals surface area (Å²) in [7, 11) is 0. The summed E-state index contributed by atoms with van der Waals surface area (Å²) in [5, 5.41) is 19.1. The Morgan fingerprint density at radius 1 is 1.18 bits per heavy atom. The average Bonchev–Trinajstić information content (AvgIpc) is 1.81. The van der Waals surface area contributed by atoms with E-state index < -0.39 is 18.0 Å². The normalized spacial score (nSPS) is 10.5. The molecule has 11 heavy (non-hydrogen) atoms. The minimum Gasteiger partial charge on any atom is -0.480 e. The van der Waals surface area contributed by atoms with Crippen LogP contribution < -0.4 is 5.32 Å². The van der Waals surface area contributed by atoms with Crippen molar-refractivity contribution in [3.63, 3.8) is 0 Å². The van der Waals surface area contributed by atoms with Crippen LogP contribution in [0.1, 0.15) is 13.8 Å². The molecule has 0 atom stereocenters. The Hall–Kier alpha value is -1.10. The Kier molecular flexibility index (Phi) is 3.53. The molecule has 0 aromatic carbocycles. The van der Waals surface area contributed by atoms with Crippen LogP contribution in [0.15, 0.2) is 0 Å². The average molecular weight is 161 g/mol. The fraction of sp³-hybridized carbons (Fsp3) is 0.667. The molecule has 0 heterocycles. The van der Waals surface area contributed by atoms with E-state index in [1.54, 1.807) is 13.8 Å².